The van der Waals surface area contributed by atoms with Crippen LogP contribution in [0.5, 0.6) is 0 Å². The predicted octanol–water partition coefficient (Wildman–Crippen LogP) is 3.91. The molecule has 1 aromatic rings. The van der Waals surface area contributed by atoms with Crippen LogP contribution < -0.4 is 5.32 Å². The number of thioether (sulfide) groups is 1. The van der Waals surface area contributed by atoms with Gasteiger partial charge in [-0.3, -0.25) is 0 Å². The quantitative estimate of drug-likeness (QED) is 0.824. The largest absolute Gasteiger partial charge is 0.382 e. The van der Waals surface area contributed by atoms with Crippen LogP contribution >= 0.6 is 34.4 Å². The molecule has 1 fully saturated rings. The second kappa shape index (κ2) is 5.43. The lowest BCUT2D eigenvalue weighted by atomic mass is 10.1. The smallest absolute Gasteiger partial charge is 0.0353 e. The van der Waals surface area contributed by atoms with Gasteiger partial charge in [0.05, 0.1) is 0 Å². The Morgan fingerprint density at radius 3 is 2.73 bits per heavy atom. The zero-order valence-electron chi connectivity index (χ0n) is 8.92. The van der Waals surface area contributed by atoms with Crippen molar-refractivity contribution in [3.63, 3.8) is 0 Å². The summed E-state index contributed by atoms with van der Waals surface area (Å²) in [5.41, 5.74) is 2.64. The van der Waals surface area contributed by atoms with Crippen molar-refractivity contribution in [3.8, 4) is 0 Å². The van der Waals surface area contributed by atoms with Crippen LogP contribution in [0.15, 0.2) is 18.2 Å². The van der Waals surface area contributed by atoms with E-state index in [-0.39, 0.29) is 0 Å². The molecule has 1 heterocycles. The van der Waals surface area contributed by atoms with E-state index in [1.54, 1.807) is 0 Å². The number of halogens is 1. The molecule has 0 aromatic heterocycles. The Bertz CT molecular complexity index is 334. The molecule has 82 valence electrons. The van der Waals surface area contributed by atoms with Gasteiger partial charge >= 0.3 is 0 Å². The number of hydrogen-bond acceptors (Lipinski definition) is 2. The standard InChI is InChI=1S/C12H16INS/c1-9-2-3-11(8-12(9)13)14-10-4-6-15-7-5-10/h2-3,8,10,14H,4-7H2,1H3. The average molecular weight is 333 g/mol. The molecule has 1 aliphatic rings. The van der Waals surface area contributed by atoms with Gasteiger partial charge in [-0.1, -0.05) is 6.07 Å². The Kier molecular flexibility index (Phi) is 4.20. The van der Waals surface area contributed by atoms with E-state index in [2.05, 4.69) is 64.8 Å². The molecule has 2 rings (SSSR count). The fourth-order valence-corrected chi connectivity index (χ4v) is 3.38. The van der Waals surface area contributed by atoms with Gasteiger partial charge in [0.1, 0.15) is 0 Å². The lowest BCUT2D eigenvalue weighted by molar-refractivity contribution is 0.667. The first-order valence-corrected chi connectivity index (χ1v) is 7.59. The summed E-state index contributed by atoms with van der Waals surface area (Å²) in [6, 6.07) is 7.32. The predicted molar refractivity (Wildman–Crippen MR) is 77.9 cm³/mol. The van der Waals surface area contributed by atoms with Crippen molar-refractivity contribution in [3.05, 3.63) is 27.3 Å². The van der Waals surface area contributed by atoms with E-state index in [1.165, 1.54) is 39.2 Å². The number of aryl methyl sites for hydroxylation is 1. The second-order valence-electron chi connectivity index (χ2n) is 3.99. The molecular weight excluding hydrogens is 317 g/mol. The first-order valence-electron chi connectivity index (χ1n) is 5.36. The summed E-state index contributed by atoms with van der Waals surface area (Å²) in [6.07, 6.45) is 2.60. The Labute approximate surface area is 110 Å². The monoisotopic (exact) mass is 333 g/mol. The third kappa shape index (κ3) is 3.28. The summed E-state index contributed by atoms with van der Waals surface area (Å²) < 4.78 is 1.35. The van der Waals surface area contributed by atoms with Gasteiger partial charge in [0.2, 0.25) is 0 Å². The van der Waals surface area contributed by atoms with Crippen molar-refractivity contribution in [1.29, 1.82) is 0 Å². The molecule has 0 radical (unpaired) electrons. The third-order valence-electron chi connectivity index (χ3n) is 2.76. The van der Waals surface area contributed by atoms with Crippen LogP contribution in [-0.2, 0) is 0 Å². The van der Waals surface area contributed by atoms with Crippen LogP contribution in [0.1, 0.15) is 18.4 Å². The molecule has 0 unspecified atom stereocenters. The molecule has 15 heavy (non-hydrogen) atoms. The van der Waals surface area contributed by atoms with Gasteiger partial charge < -0.3 is 5.32 Å². The van der Waals surface area contributed by atoms with Gasteiger partial charge in [-0.15, -0.1) is 0 Å². The van der Waals surface area contributed by atoms with E-state index in [9.17, 15) is 0 Å². The number of anilines is 1. The third-order valence-corrected chi connectivity index (χ3v) is 4.97. The van der Waals surface area contributed by atoms with Gasteiger partial charge in [-0.25, -0.2) is 0 Å². The van der Waals surface area contributed by atoms with Crippen molar-refractivity contribution >= 4 is 40.0 Å². The van der Waals surface area contributed by atoms with Crippen LogP contribution in [0.3, 0.4) is 0 Å². The highest BCUT2D eigenvalue weighted by Crippen LogP contribution is 2.23. The summed E-state index contributed by atoms with van der Waals surface area (Å²) in [6.45, 7) is 2.16. The first-order chi connectivity index (χ1) is 7.25. The minimum atomic E-state index is 0.685. The first kappa shape index (κ1) is 11.6. The zero-order chi connectivity index (χ0) is 10.7. The Morgan fingerprint density at radius 1 is 1.33 bits per heavy atom. The fraction of sp³-hybridized carbons (Fsp3) is 0.500. The van der Waals surface area contributed by atoms with Crippen LogP contribution in [0.2, 0.25) is 0 Å². The van der Waals surface area contributed by atoms with Gasteiger partial charge in [-0.2, -0.15) is 11.8 Å². The fourth-order valence-electron chi connectivity index (χ4n) is 1.76. The Balaban J connectivity index is 2.00. The van der Waals surface area contributed by atoms with Crippen molar-refractivity contribution < 1.29 is 0 Å². The van der Waals surface area contributed by atoms with Crippen LogP contribution in [0, 0.1) is 10.5 Å². The lowest BCUT2D eigenvalue weighted by Crippen LogP contribution is -2.24. The number of benzene rings is 1. The minimum absolute atomic E-state index is 0.685. The summed E-state index contributed by atoms with van der Waals surface area (Å²) >= 11 is 4.47. The number of rotatable bonds is 2. The Hall–Kier alpha value is 0.100. The van der Waals surface area contributed by atoms with Gasteiger partial charge in [0, 0.05) is 15.3 Å². The van der Waals surface area contributed by atoms with E-state index in [0.29, 0.717) is 6.04 Å². The van der Waals surface area contributed by atoms with E-state index < -0.39 is 0 Å². The number of hydrogen-bond donors (Lipinski definition) is 1. The zero-order valence-corrected chi connectivity index (χ0v) is 11.9. The van der Waals surface area contributed by atoms with Crippen molar-refractivity contribution in [2.45, 2.75) is 25.8 Å². The summed E-state index contributed by atoms with van der Waals surface area (Å²) in [4.78, 5) is 0. The van der Waals surface area contributed by atoms with Gasteiger partial charge in [0.25, 0.3) is 0 Å². The highest BCUT2D eigenvalue weighted by atomic mass is 127. The van der Waals surface area contributed by atoms with E-state index >= 15 is 0 Å². The molecule has 1 aliphatic heterocycles. The van der Waals surface area contributed by atoms with E-state index in [4.69, 9.17) is 0 Å². The second-order valence-corrected chi connectivity index (χ2v) is 6.38. The topological polar surface area (TPSA) is 12.0 Å². The molecule has 0 saturated carbocycles. The van der Waals surface area contributed by atoms with E-state index in [0.717, 1.165) is 0 Å². The SMILES string of the molecule is Cc1ccc(NC2CCSCC2)cc1I. The minimum Gasteiger partial charge on any atom is -0.382 e. The number of nitrogens with one attached hydrogen (secondary N) is 1. The molecule has 1 aromatic carbocycles. The molecule has 0 aliphatic carbocycles. The van der Waals surface area contributed by atoms with Crippen molar-refractivity contribution in [2.24, 2.45) is 0 Å². The van der Waals surface area contributed by atoms with Gasteiger partial charge in [-0.05, 0) is 71.6 Å². The summed E-state index contributed by atoms with van der Waals surface area (Å²) in [5.74, 6) is 2.61. The highest BCUT2D eigenvalue weighted by Gasteiger charge is 2.13. The molecule has 0 amide bonds. The van der Waals surface area contributed by atoms with Crippen LogP contribution in [0.25, 0.3) is 0 Å². The molecule has 1 N–H and O–H groups in total. The maximum absolute atomic E-state index is 3.63. The molecule has 0 bridgehead atoms. The summed E-state index contributed by atoms with van der Waals surface area (Å²) in [7, 11) is 0. The lowest BCUT2D eigenvalue weighted by Gasteiger charge is -2.23. The van der Waals surface area contributed by atoms with Gasteiger partial charge in [0.15, 0.2) is 0 Å². The Morgan fingerprint density at radius 2 is 2.07 bits per heavy atom. The van der Waals surface area contributed by atoms with Crippen LogP contribution in [0.4, 0.5) is 5.69 Å². The normalized spacial score (nSPS) is 17.7. The summed E-state index contributed by atoms with van der Waals surface area (Å²) in [5, 5.41) is 3.63. The molecular formula is C12H16INS. The van der Waals surface area contributed by atoms with E-state index in [1.807, 2.05) is 0 Å². The van der Waals surface area contributed by atoms with Crippen LogP contribution in [-0.4, -0.2) is 17.5 Å². The highest BCUT2D eigenvalue weighted by molar-refractivity contribution is 14.1. The maximum Gasteiger partial charge on any atom is 0.0353 e. The molecule has 1 nitrogen and oxygen atoms in total. The van der Waals surface area contributed by atoms with Crippen molar-refractivity contribution in [2.75, 3.05) is 16.8 Å². The molecule has 0 spiro atoms. The molecule has 3 heteroatoms. The van der Waals surface area contributed by atoms with Crippen molar-refractivity contribution in [1.82, 2.24) is 0 Å². The molecule has 0 atom stereocenters. The maximum atomic E-state index is 3.63. The molecule has 1 saturated heterocycles. The average Bonchev–Trinajstić information content (AvgIpc) is 2.25.